The molecule has 4 N–H and O–H groups in total. The van der Waals surface area contributed by atoms with E-state index in [0.717, 1.165) is 32.0 Å². The molecule has 39 heavy (non-hydrogen) atoms. The molecule has 4 aromatic rings. The van der Waals surface area contributed by atoms with Gasteiger partial charge in [-0.05, 0) is 96.8 Å². The Hall–Kier alpha value is -4.63. The molecule has 0 saturated heterocycles. The first kappa shape index (κ1) is 27.4. The first-order valence-corrected chi connectivity index (χ1v) is 13.1. The second kappa shape index (κ2) is 12.7. The normalized spacial score (nSPS) is 10.5. The first-order valence-electron chi connectivity index (χ1n) is 12.3. The number of nitrogens with one attached hydrogen (secondary N) is 2. The van der Waals surface area contributed by atoms with Crippen LogP contribution in [0, 0.1) is 0 Å². The number of carbonyl (C=O) groups excluding carboxylic acids is 2. The maximum absolute atomic E-state index is 12.0. The summed E-state index contributed by atoms with van der Waals surface area (Å²) >= 11 is 1.48. The van der Waals surface area contributed by atoms with Crippen molar-refractivity contribution < 1.29 is 29.3 Å². The second-order valence-electron chi connectivity index (χ2n) is 8.35. The number of carbonyl (C=O) groups is 2. The summed E-state index contributed by atoms with van der Waals surface area (Å²) in [6.07, 6.45) is -1.10. The topological polar surface area (TPSA) is 117 Å². The van der Waals surface area contributed by atoms with Gasteiger partial charge in [-0.2, -0.15) is 0 Å². The lowest BCUT2D eigenvalue weighted by Crippen LogP contribution is -2.26. The molecule has 0 atom stereocenters. The van der Waals surface area contributed by atoms with Crippen molar-refractivity contribution in [1.29, 1.82) is 0 Å². The number of benzene rings is 4. The molecule has 0 bridgehead atoms. The van der Waals surface area contributed by atoms with Gasteiger partial charge in [-0.1, -0.05) is 36.0 Å². The van der Waals surface area contributed by atoms with E-state index in [2.05, 4.69) is 10.6 Å². The highest BCUT2D eigenvalue weighted by Crippen LogP contribution is 2.43. The van der Waals surface area contributed by atoms with Gasteiger partial charge in [0.2, 0.25) is 0 Å². The van der Waals surface area contributed by atoms with Crippen LogP contribution < -0.4 is 20.1 Å². The largest absolute Gasteiger partial charge is 0.508 e. The number of aromatic hydroxyl groups is 2. The molecule has 9 heteroatoms. The van der Waals surface area contributed by atoms with E-state index < -0.39 is 12.2 Å². The van der Waals surface area contributed by atoms with Crippen molar-refractivity contribution in [3.8, 4) is 45.3 Å². The van der Waals surface area contributed by atoms with Crippen molar-refractivity contribution in [2.75, 3.05) is 13.1 Å². The molecule has 0 fully saturated rings. The van der Waals surface area contributed by atoms with E-state index >= 15 is 0 Å². The monoisotopic (exact) mass is 544 g/mol. The van der Waals surface area contributed by atoms with Gasteiger partial charge in [0.25, 0.3) is 0 Å². The fraction of sp³-hybridized carbons (Fsp3) is 0.133. The summed E-state index contributed by atoms with van der Waals surface area (Å²) in [5.41, 5.74) is 3.22. The second-order valence-corrected chi connectivity index (χ2v) is 9.44. The minimum atomic E-state index is -0.549. The van der Waals surface area contributed by atoms with Crippen LogP contribution in [0.3, 0.4) is 0 Å². The van der Waals surface area contributed by atoms with Crippen molar-refractivity contribution in [3.05, 3.63) is 84.9 Å². The Morgan fingerprint density at radius 1 is 0.641 bits per heavy atom. The Morgan fingerprint density at radius 3 is 1.38 bits per heavy atom. The predicted octanol–water partition coefficient (Wildman–Crippen LogP) is 6.80. The zero-order valence-electron chi connectivity index (χ0n) is 21.4. The molecular formula is C30H28N2O6S. The Morgan fingerprint density at radius 2 is 1.03 bits per heavy atom. The average Bonchev–Trinajstić information content (AvgIpc) is 2.91. The SMILES string of the molecule is CCNC(=O)Oc1ccc(Sc2ccc(OC(=O)NCC)cc2-c2ccc(O)cc2)c(-c2ccc(O)cc2)c1. The van der Waals surface area contributed by atoms with Gasteiger partial charge < -0.3 is 30.3 Å². The molecule has 200 valence electrons. The van der Waals surface area contributed by atoms with Crippen LogP contribution in [0.5, 0.6) is 23.0 Å². The van der Waals surface area contributed by atoms with Crippen LogP contribution in [0.25, 0.3) is 22.3 Å². The minimum Gasteiger partial charge on any atom is -0.508 e. The summed E-state index contributed by atoms with van der Waals surface area (Å²) in [4.78, 5) is 25.8. The summed E-state index contributed by atoms with van der Waals surface area (Å²) in [6, 6.07) is 24.2. The summed E-state index contributed by atoms with van der Waals surface area (Å²) in [5, 5.41) is 24.8. The molecule has 0 aromatic heterocycles. The van der Waals surface area contributed by atoms with E-state index in [1.54, 1.807) is 86.6 Å². The Labute approximate surface area is 230 Å². The van der Waals surface area contributed by atoms with Gasteiger partial charge in [0, 0.05) is 22.9 Å². The number of ether oxygens (including phenoxy) is 2. The predicted molar refractivity (Wildman–Crippen MR) is 151 cm³/mol. The zero-order chi connectivity index (χ0) is 27.8. The van der Waals surface area contributed by atoms with Crippen LogP contribution in [0.2, 0.25) is 0 Å². The van der Waals surface area contributed by atoms with Crippen LogP contribution in [-0.4, -0.2) is 35.5 Å². The highest BCUT2D eigenvalue weighted by Gasteiger charge is 2.16. The van der Waals surface area contributed by atoms with E-state index in [-0.39, 0.29) is 11.5 Å². The Kier molecular flexibility index (Phi) is 8.96. The molecule has 2 amide bonds. The summed E-state index contributed by atoms with van der Waals surface area (Å²) < 4.78 is 10.9. The maximum Gasteiger partial charge on any atom is 0.412 e. The first-order chi connectivity index (χ1) is 18.9. The molecule has 0 aliphatic carbocycles. The molecule has 0 heterocycles. The molecule has 0 aliphatic rings. The van der Waals surface area contributed by atoms with Crippen molar-refractivity contribution in [1.82, 2.24) is 10.6 Å². The minimum absolute atomic E-state index is 0.139. The highest BCUT2D eigenvalue weighted by atomic mass is 32.2. The third kappa shape index (κ3) is 7.24. The number of rotatable bonds is 8. The quantitative estimate of drug-likeness (QED) is 0.193. The third-order valence-corrected chi connectivity index (χ3v) is 6.69. The Bertz CT molecular complexity index is 1340. The van der Waals surface area contributed by atoms with E-state index in [1.165, 1.54) is 11.8 Å². The molecule has 8 nitrogen and oxygen atoms in total. The van der Waals surface area contributed by atoms with Crippen molar-refractivity contribution in [3.63, 3.8) is 0 Å². The smallest absolute Gasteiger partial charge is 0.412 e. The molecule has 0 unspecified atom stereocenters. The number of hydrogen-bond acceptors (Lipinski definition) is 7. The van der Waals surface area contributed by atoms with E-state index in [1.807, 2.05) is 12.1 Å². The average molecular weight is 545 g/mol. The molecule has 0 spiro atoms. The summed E-state index contributed by atoms with van der Waals surface area (Å²) in [6.45, 7) is 4.50. The maximum atomic E-state index is 12.0. The fourth-order valence-corrected chi connectivity index (χ4v) is 4.83. The van der Waals surface area contributed by atoms with E-state index in [0.29, 0.717) is 24.6 Å². The van der Waals surface area contributed by atoms with Crippen LogP contribution >= 0.6 is 11.8 Å². The summed E-state index contributed by atoms with van der Waals surface area (Å²) in [7, 11) is 0. The number of phenolic OH excluding ortho intramolecular Hbond substituents is 2. The van der Waals surface area contributed by atoms with Gasteiger partial charge >= 0.3 is 12.2 Å². The van der Waals surface area contributed by atoms with Gasteiger partial charge in [-0.15, -0.1) is 0 Å². The molecule has 4 aromatic carbocycles. The van der Waals surface area contributed by atoms with Crippen molar-refractivity contribution >= 4 is 23.9 Å². The highest BCUT2D eigenvalue weighted by molar-refractivity contribution is 7.99. The molecule has 0 aliphatic heterocycles. The van der Waals surface area contributed by atoms with Crippen LogP contribution in [0.1, 0.15) is 13.8 Å². The van der Waals surface area contributed by atoms with Crippen LogP contribution in [0.4, 0.5) is 9.59 Å². The van der Waals surface area contributed by atoms with Gasteiger partial charge in [0.15, 0.2) is 0 Å². The van der Waals surface area contributed by atoms with Gasteiger partial charge in [0.1, 0.15) is 23.0 Å². The lowest BCUT2D eigenvalue weighted by atomic mass is 10.0. The third-order valence-electron chi connectivity index (χ3n) is 5.54. The van der Waals surface area contributed by atoms with Crippen LogP contribution in [0.15, 0.2) is 94.7 Å². The standard InChI is InChI=1S/C30H28N2O6S/c1-3-31-29(35)37-23-13-15-27(25(17-23)19-5-9-21(33)10-6-19)39-28-16-14-24(38-30(36)32-4-2)18-26(28)20-7-11-22(34)12-8-20/h5-18,33-34H,3-4H2,1-2H3,(H,31,35)(H,32,36). The van der Waals surface area contributed by atoms with Crippen molar-refractivity contribution in [2.45, 2.75) is 23.6 Å². The van der Waals surface area contributed by atoms with E-state index in [9.17, 15) is 19.8 Å². The van der Waals surface area contributed by atoms with Crippen LogP contribution in [-0.2, 0) is 0 Å². The molecule has 4 rings (SSSR count). The van der Waals surface area contributed by atoms with Gasteiger partial charge in [-0.3, -0.25) is 0 Å². The lowest BCUT2D eigenvalue weighted by Gasteiger charge is -2.16. The number of phenols is 2. The lowest BCUT2D eigenvalue weighted by molar-refractivity contribution is 0.200. The number of hydrogen-bond donors (Lipinski definition) is 4. The zero-order valence-corrected chi connectivity index (χ0v) is 22.2. The van der Waals surface area contributed by atoms with Gasteiger partial charge in [0.05, 0.1) is 0 Å². The molecule has 0 saturated carbocycles. The molecular weight excluding hydrogens is 516 g/mol. The summed E-state index contributed by atoms with van der Waals surface area (Å²) in [5.74, 6) is 1.02. The Balaban J connectivity index is 1.76. The van der Waals surface area contributed by atoms with Gasteiger partial charge in [-0.25, -0.2) is 9.59 Å². The number of amides is 2. The van der Waals surface area contributed by atoms with Crippen molar-refractivity contribution in [2.24, 2.45) is 0 Å². The fourth-order valence-electron chi connectivity index (χ4n) is 3.75. The molecule has 0 radical (unpaired) electrons. The van der Waals surface area contributed by atoms with E-state index in [4.69, 9.17) is 9.47 Å².